The number of ether oxygens (including phenoxy) is 1. The van der Waals surface area contributed by atoms with Gasteiger partial charge in [-0.3, -0.25) is 4.90 Å². The number of halogens is 4. The lowest BCUT2D eigenvalue weighted by molar-refractivity contribution is -0.154. The van der Waals surface area contributed by atoms with Gasteiger partial charge in [-0.1, -0.05) is 52.3 Å². The molecule has 36 heavy (non-hydrogen) atoms. The number of benzene rings is 3. The number of alkyl halides is 3. The average Bonchev–Trinajstić information content (AvgIpc) is 2.86. The first-order valence-electron chi connectivity index (χ1n) is 10.4. The van der Waals surface area contributed by atoms with Crippen LogP contribution >= 0.6 is 15.9 Å². The van der Waals surface area contributed by atoms with Crippen LogP contribution in [0, 0.1) is 0 Å². The number of nitrogens with zero attached hydrogens (tertiary/aromatic N) is 5. The van der Waals surface area contributed by atoms with Gasteiger partial charge in [-0.25, -0.2) is 5.43 Å². The topological polar surface area (TPSA) is 95.8 Å². The van der Waals surface area contributed by atoms with Gasteiger partial charge in [0.05, 0.1) is 6.21 Å². The second-order valence-corrected chi connectivity index (χ2v) is 8.14. The van der Waals surface area contributed by atoms with Crippen LogP contribution in [0.2, 0.25) is 0 Å². The smallest absolute Gasteiger partial charge is 0.422 e. The summed E-state index contributed by atoms with van der Waals surface area (Å²) < 4.78 is 44.0. The van der Waals surface area contributed by atoms with Gasteiger partial charge in [0, 0.05) is 21.4 Å². The summed E-state index contributed by atoms with van der Waals surface area (Å²) in [6.07, 6.45) is -3.28. The average molecular weight is 559 g/mol. The molecule has 0 radical (unpaired) electrons. The van der Waals surface area contributed by atoms with E-state index in [1.54, 1.807) is 65.6 Å². The quantitative estimate of drug-likeness (QED) is 0.196. The van der Waals surface area contributed by atoms with E-state index in [0.29, 0.717) is 21.4 Å². The first-order valence-corrected chi connectivity index (χ1v) is 11.2. The molecule has 2 N–H and O–H groups in total. The Balaban J connectivity index is 1.73. The number of para-hydroxylation sites is 2. The number of phenolic OH excluding ortho intramolecular Hbond substituents is 1. The van der Waals surface area contributed by atoms with E-state index in [1.165, 1.54) is 12.3 Å². The van der Waals surface area contributed by atoms with E-state index in [9.17, 15) is 18.3 Å². The third-order valence-electron chi connectivity index (χ3n) is 4.55. The van der Waals surface area contributed by atoms with E-state index in [0.717, 1.165) is 0 Å². The summed E-state index contributed by atoms with van der Waals surface area (Å²) in [6, 6.07) is 22.3. The van der Waals surface area contributed by atoms with Crippen molar-refractivity contribution in [2.75, 3.05) is 16.9 Å². The molecule has 1 heterocycles. The van der Waals surface area contributed by atoms with E-state index < -0.39 is 18.8 Å². The number of nitrogens with one attached hydrogen (secondary N) is 1. The molecule has 0 aliphatic heterocycles. The molecule has 0 atom stereocenters. The summed E-state index contributed by atoms with van der Waals surface area (Å²) in [5.41, 5.74) is 4.27. The van der Waals surface area contributed by atoms with Crippen LogP contribution in [0.3, 0.4) is 0 Å². The molecular formula is C24H18BrF3N6O2. The molecule has 1 aromatic heterocycles. The molecule has 4 aromatic rings. The highest BCUT2D eigenvalue weighted by Crippen LogP contribution is 2.33. The maximum Gasteiger partial charge on any atom is 0.422 e. The number of aromatic nitrogens is 3. The Morgan fingerprint density at radius 3 is 2.19 bits per heavy atom. The summed E-state index contributed by atoms with van der Waals surface area (Å²) >= 11 is 3.31. The summed E-state index contributed by atoms with van der Waals surface area (Å²) in [5.74, 6) is -0.184. The fraction of sp³-hybridized carbons (Fsp3) is 0.0833. The molecule has 0 aliphatic carbocycles. The van der Waals surface area contributed by atoms with Crippen LogP contribution in [0.4, 0.5) is 36.4 Å². The molecule has 0 bridgehead atoms. The number of phenols is 1. The van der Waals surface area contributed by atoms with Crippen LogP contribution in [0.5, 0.6) is 11.8 Å². The molecule has 4 rings (SSSR count). The highest BCUT2D eigenvalue weighted by Gasteiger charge is 2.29. The summed E-state index contributed by atoms with van der Waals surface area (Å²) in [5, 5.41) is 14.0. The van der Waals surface area contributed by atoms with Gasteiger partial charge in [-0.05, 0) is 42.5 Å². The Morgan fingerprint density at radius 2 is 1.58 bits per heavy atom. The van der Waals surface area contributed by atoms with Crippen molar-refractivity contribution in [3.8, 4) is 11.8 Å². The molecule has 184 valence electrons. The lowest BCUT2D eigenvalue weighted by Gasteiger charge is -2.23. The van der Waals surface area contributed by atoms with Crippen LogP contribution in [0.15, 0.2) is 88.4 Å². The Kier molecular flexibility index (Phi) is 7.64. The molecular weight excluding hydrogens is 541 g/mol. The fourth-order valence-corrected chi connectivity index (χ4v) is 3.41. The molecule has 0 unspecified atom stereocenters. The Hall–Kier alpha value is -4.19. The minimum Gasteiger partial charge on any atom is -0.507 e. The number of hydrogen-bond acceptors (Lipinski definition) is 8. The van der Waals surface area contributed by atoms with Gasteiger partial charge in [0.15, 0.2) is 6.61 Å². The fourth-order valence-electron chi connectivity index (χ4n) is 3.03. The van der Waals surface area contributed by atoms with Gasteiger partial charge >= 0.3 is 12.2 Å². The van der Waals surface area contributed by atoms with Crippen molar-refractivity contribution in [1.29, 1.82) is 0 Å². The highest BCUT2D eigenvalue weighted by molar-refractivity contribution is 9.10. The first-order chi connectivity index (χ1) is 17.3. The zero-order valence-corrected chi connectivity index (χ0v) is 20.0. The Morgan fingerprint density at radius 1 is 0.944 bits per heavy atom. The molecule has 12 heteroatoms. The van der Waals surface area contributed by atoms with Crippen molar-refractivity contribution in [3.63, 3.8) is 0 Å². The zero-order valence-electron chi connectivity index (χ0n) is 18.4. The molecule has 0 spiro atoms. The van der Waals surface area contributed by atoms with Crippen LogP contribution in [0.25, 0.3) is 0 Å². The SMILES string of the molecule is Oc1ccc(Br)cc1C=NNc1nc(OCC(F)(F)F)nc(N(c2ccccc2)c2ccccc2)n1. The van der Waals surface area contributed by atoms with Crippen molar-refractivity contribution >= 4 is 45.4 Å². The van der Waals surface area contributed by atoms with Gasteiger partial charge in [-0.15, -0.1) is 0 Å². The number of anilines is 4. The largest absolute Gasteiger partial charge is 0.507 e. The lowest BCUT2D eigenvalue weighted by atomic mass is 10.2. The monoisotopic (exact) mass is 558 g/mol. The maximum absolute atomic E-state index is 12.8. The van der Waals surface area contributed by atoms with E-state index in [2.05, 4.69) is 41.4 Å². The van der Waals surface area contributed by atoms with Gasteiger partial charge < -0.3 is 9.84 Å². The van der Waals surface area contributed by atoms with E-state index in [1.807, 2.05) is 12.1 Å². The second kappa shape index (κ2) is 11.0. The molecule has 3 aromatic carbocycles. The van der Waals surface area contributed by atoms with Crippen molar-refractivity contribution in [2.24, 2.45) is 5.10 Å². The normalized spacial score (nSPS) is 11.4. The van der Waals surface area contributed by atoms with Crippen molar-refractivity contribution in [1.82, 2.24) is 15.0 Å². The first kappa shape index (κ1) is 24.9. The Labute approximate surface area is 212 Å². The molecule has 0 aliphatic rings. The molecule has 0 saturated carbocycles. The number of hydrogen-bond donors (Lipinski definition) is 2. The molecule has 0 amide bonds. The van der Waals surface area contributed by atoms with Crippen molar-refractivity contribution in [3.05, 3.63) is 88.9 Å². The van der Waals surface area contributed by atoms with E-state index >= 15 is 0 Å². The highest BCUT2D eigenvalue weighted by atomic mass is 79.9. The third-order valence-corrected chi connectivity index (χ3v) is 5.05. The van der Waals surface area contributed by atoms with Crippen molar-refractivity contribution in [2.45, 2.75) is 6.18 Å². The Bertz CT molecular complexity index is 1300. The summed E-state index contributed by atoms with van der Waals surface area (Å²) in [6.45, 7) is -1.58. The second-order valence-electron chi connectivity index (χ2n) is 7.23. The van der Waals surface area contributed by atoms with E-state index in [4.69, 9.17) is 4.74 Å². The van der Waals surface area contributed by atoms with Gasteiger partial charge in [0.25, 0.3) is 5.95 Å². The number of rotatable bonds is 8. The van der Waals surface area contributed by atoms with Gasteiger partial charge in [-0.2, -0.15) is 33.2 Å². The molecule has 8 nitrogen and oxygen atoms in total. The van der Waals surface area contributed by atoms with Crippen molar-refractivity contribution < 1.29 is 23.0 Å². The van der Waals surface area contributed by atoms with Crippen LogP contribution in [0.1, 0.15) is 5.56 Å². The third kappa shape index (κ3) is 6.69. The predicted molar refractivity (Wildman–Crippen MR) is 133 cm³/mol. The van der Waals surface area contributed by atoms with Crippen LogP contribution in [-0.2, 0) is 0 Å². The summed E-state index contributed by atoms with van der Waals surface area (Å²) in [4.78, 5) is 14.0. The standard InChI is InChI=1S/C24H18BrF3N6O2/c25-17-11-12-20(35)16(13-17)14-29-33-21-30-22(32-23(31-21)36-15-24(26,27)28)34(18-7-3-1-4-8-18)19-9-5-2-6-10-19/h1-14,35H,15H2,(H,30,31,32,33). The summed E-state index contributed by atoms with van der Waals surface area (Å²) in [7, 11) is 0. The maximum atomic E-state index is 12.8. The van der Waals surface area contributed by atoms with Crippen LogP contribution in [-0.4, -0.2) is 39.1 Å². The van der Waals surface area contributed by atoms with Crippen LogP contribution < -0.4 is 15.1 Å². The zero-order chi connectivity index (χ0) is 25.5. The number of hydrazone groups is 1. The molecule has 0 fully saturated rings. The molecule has 0 saturated heterocycles. The minimum atomic E-state index is -4.59. The van der Waals surface area contributed by atoms with Gasteiger partial charge in [0.2, 0.25) is 5.95 Å². The number of aromatic hydroxyl groups is 1. The lowest BCUT2D eigenvalue weighted by Crippen LogP contribution is -2.21. The van der Waals surface area contributed by atoms with Gasteiger partial charge in [0.1, 0.15) is 5.75 Å². The predicted octanol–water partition coefficient (Wildman–Crippen LogP) is 6.20. The van der Waals surface area contributed by atoms with E-state index in [-0.39, 0.29) is 17.6 Å². The minimum absolute atomic E-state index is 0.00239.